The number of rotatable bonds is 4. The zero-order valence-corrected chi connectivity index (χ0v) is 28.3. The summed E-state index contributed by atoms with van der Waals surface area (Å²) in [7, 11) is 0. The molecule has 0 bridgehead atoms. The quantitative estimate of drug-likeness (QED) is 0.187. The topological polar surface area (TPSA) is 30.7 Å². The molecule has 0 saturated heterocycles. The molecule has 0 amide bonds. The molecule has 7 aromatic carbocycles. The van der Waals surface area contributed by atoms with Crippen LogP contribution in [0.3, 0.4) is 0 Å². The number of benzene rings is 7. The van der Waals surface area contributed by atoms with E-state index in [1.807, 2.05) is 29.8 Å². The van der Waals surface area contributed by atoms with Crippen molar-refractivity contribution in [1.29, 1.82) is 0 Å². The average Bonchev–Trinajstić information content (AvgIpc) is 3.86. The van der Waals surface area contributed by atoms with E-state index in [9.17, 15) is 0 Å². The van der Waals surface area contributed by atoms with Crippen molar-refractivity contribution in [3.63, 3.8) is 0 Å². The molecular weight excluding hydrogens is 639 g/mol. The molecule has 1 atom stereocenters. The molecule has 238 valence electrons. The molecule has 3 nitrogen and oxygen atoms in total. The van der Waals surface area contributed by atoms with Gasteiger partial charge in [0.2, 0.25) is 0 Å². The minimum Gasteiger partial charge on any atom is -0.308 e. The molecule has 1 unspecified atom stereocenters. The second-order valence-corrected chi connectivity index (χ2v) is 14.3. The highest BCUT2D eigenvalue weighted by Crippen LogP contribution is 2.54. The SMILES string of the molecule is c1ccc(-c2nccnc2C2c3ccccc3-c3c2ccc2c3c3ccccc3n2-c2cccc3c2sc2c(-c4ccccc4)cccc23)cc1. The molecule has 0 aliphatic heterocycles. The number of para-hydroxylation sites is 1. The molecule has 51 heavy (non-hydrogen) atoms. The van der Waals surface area contributed by atoms with E-state index in [2.05, 4.69) is 156 Å². The van der Waals surface area contributed by atoms with Crippen molar-refractivity contribution in [1.82, 2.24) is 14.5 Å². The maximum atomic E-state index is 5.05. The normalized spacial score (nSPS) is 13.7. The van der Waals surface area contributed by atoms with Crippen LogP contribution in [0.1, 0.15) is 22.7 Å². The third kappa shape index (κ3) is 4.11. The third-order valence-corrected chi connectivity index (χ3v) is 11.9. The Labute approximate surface area is 298 Å². The molecule has 10 aromatic rings. The van der Waals surface area contributed by atoms with E-state index in [0.29, 0.717) is 0 Å². The van der Waals surface area contributed by atoms with E-state index in [0.717, 1.165) is 17.0 Å². The Kier molecular flexibility index (Phi) is 6.18. The van der Waals surface area contributed by atoms with Gasteiger partial charge < -0.3 is 4.57 Å². The zero-order valence-electron chi connectivity index (χ0n) is 27.5. The highest BCUT2D eigenvalue weighted by Gasteiger charge is 2.35. The Morgan fingerprint density at radius 3 is 2.00 bits per heavy atom. The van der Waals surface area contributed by atoms with Crippen LogP contribution < -0.4 is 0 Å². The van der Waals surface area contributed by atoms with Crippen LogP contribution in [0.2, 0.25) is 0 Å². The van der Waals surface area contributed by atoms with Gasteiger partial charge in [-0.05, 0) is 51.6 Å². The van der Waals surface area contributed by atoms with Crippen molar-refractivity contribution in [2.24, 2.45) is 0 Å². The second kappa shape index (κ2) is 11.1. The number of thiophene rings is 1. The van der Waals surface area contributed by atoms with Crippen LogP contribution in [0, 0.1) is 0 Å². The number of nitrogens with zero attached hydrogens (tertiary/aromatic N) is 3. The first-order chi connectivity index (χ1) is 25.3. The molecule has 0 N–H and O–H groups in total. The summed E-state index contributed by atoms with van der Waals surface area (Å²) in [6.45, 7) is 0. The predicted octanol–water partition coefficient (Wildman–Crippen LogP) is 12.4. The molecule has 11 rings (SSSR count). The Morgan fingerprint density at radius 2 is 1.14 bits per heavy atom. The number of hydrogen-bond acceptors (Lipinski definition) is 3. The molecular formula is C47H29N3S. The molecule has 0 spiro atoms. The lowest BCUT2D eigenvalue weighted by atomic mass is 9.90. The van der Waals surface area contributed by atoms with Crippen molar-refractivity contribution in [3.05, 3.63) is 187 Å². The fraction of sp³-hybridized carbons (Fsp3) is 0.0213. The van der Waals surface area contributed by atoms with E-state index < -0.39 is 0 Å². The highest BCUT2D eigenvalue weighted by atomic mass is 32.1. The number of hydrogen-bond donors (Lipinski definition) is 0. The van der Waals surface area contributed by atoms with Crippen LogP contribution in [0.15, 0.2) is 170 Å². The van der Waals surface area contributed by atoms with Crippen molar-refractivity contribution < 1.29 is 0 Å². The van der Waals surface area contributed by atoms with Crippen molar-refractivity contribution in [2.45, 2.75) is 5.92 Å². The van der Waals surface area contributed by atoms with Gasteiger partial charge in [0, 0.05) is 44.2 Å². The van der Waals surface area contributed by atoms with Gasteiger partial charge in [-0.1, -0.05) is 140 Å². The van der Waals surface area contributed by atoms with Gasteiger partial charge in [-0.25, -0.2) is 0 Å². The molecule has 0 radical (unpaired) electrons. The lowest BCUT2D eigenvalue weighted by Crippen LogP contribution is -2.06. The Hall–Kier alpha value is -6.36. The van der Waals surface area contributed by atoms with E-state index in [1.165, 1.54) is 81.0 Å². The van der Waals surface area contributed by atoms with Gasteiger partial charge in [0.25, 0.3) is 0 Å². The summed E-state index contributed by atoms with van der Waals surface area (Å²) in [6.07, 6.45) is 3.64. The van der Waals surface area contributed by atoms with Crippen LogP contribution >= 0.6 is 11.3 Å². The van der Waals surface area contributed by atoms with E-state index in [1.54, 1.807) is 0 Å². The maximum absolute atomic E-state index is 5.05. The summed E-state index contributed by atoms with van der Waals surface area (Å²) < 4.78 is 5.12. The lowest BCUT2D eigenvalue weighted by Gasteiger charge is -2.17. The van der Waals surface area contributed by atoms with Gasteiger partial charge >= 0.3 is 0 Å². The predicted molar refractivity (Wildman–Crippen MR) is 213 cm³/mol. The number of fused-ring (bicyclic) bond motifs is 10. The van der Waals surface area contributed by atoms with Crippen LogP contribution in [0.25, 0.3) is 81.2 Å². The van der Waals surface area contributed by atoms with Gasteiger partial charge in [-0.3, -0.25) is 9.97 Å². The van der Waals surface area contributed by atoms with Crippen LogP contribution in [-0.4, -0.2) is 14.5 Å². The lowest BCUT2D eigenvalue weighted by molar-refractivity contribution is 0.930. The maximum Gasteiger partial charge on any atom is 0.0927 e. The molecule has 0 fully saturated rings. The molecule has 3 aromatic heterocycles. The molecule has 1 aliphatic carbocycles. The summed E-state index contributed by atoms with van der Waals surface area (Å²) in [4.78, 5) is 9.95. The zero-order chi connectivity index (χ0) is 33.5. The fourth-order valence-corrected chi connectivity index (χ4v) is 9.85. The minimum absolute atomic E-state index is 0.0333. The standard InChI is InChI=1S/C47H29N3S/c1-3-13-29(14-4-1)31-20-11-21-34-35-22-12-24-40(47(35)51-46(31)34)50-38-23-10-9-19-36(38)43-39(50)26-25-37-41(43)32-17-7-8-18-33(32)42(37)45-44(48-27-28-49-45)30-15-5-2-6-16-30/h1-28,42H. The van der Waals surface area contributed by atoms with Crippen molar-refractivity contribution >= 4 is 53.3 Å². The molecule has 4 heteroatoms. The monoisotopic (exact) mass is 667 g/mol. The Bertz CT molecular complexity index is 2970. The molecule has 1 aliphatic rings. The summed E-state index contributed by atoms with van der Waals surface area (Å²) in [6, 6.07) is 57.2. The van der Waals surface area contributed by atoms with E-state index >= 15 is 0 Å². The van der Waals surface area contributed by atoms with E-state index in [4.69, 9.17) is 9.97 Å². The second-order valence-electron chi connectivity index (χ2n) is 13.3. The average molecular weight is 668 g/mol. The van der Waals surface area contributed by atoms with Crippen LogP contribution in [-0.2, 0) is 0 Å². The van der Waals surface area contributed by atoms with Crippen molar-refractivity contribution in [2.75, 3.05) is 0 Å². The minimum atomic E-state index is -0.0333. The first-order valence-electron chi connectivity index (χ1n) is 17.4. The van der Waals surface area contributed by atoms with Gasteiger partial charge in [0.05, 0.1) is 38.7 Å². The molecule has 0 saturated carbocycles. The summed E-state index contributed by atoms with van der Waals surface area (Å²) in [5.41, 5.74) is 14.3. The Morgan fingerprint density at radius 1 is 0.471 bits per heavy atom. The van der Waals surface area contributed by atoms with E-state index in [-0.39, 0.29) is 5.92 Å². The molecule has 3 heterocycles. The van der Waals surface area contributed by atoms with Crippen LogP contribution in [0.4, 0.5) is 0 Å². The third-order valence-electron chi connectivity index (χ3n) is 10.6. The first kappa shape index (κ1) is 28.5. The van der Waals surface area contributed by atoms with Crippen molar-refractivity contribution in [3.8, 4) is 39.2 Å². The summed E-state index contributed by atoms with van der Waals surface area (Å²) in [5.74, 6) is -0.0333. The van der Waals surface area contributed by atoms with Gasteiger partial charge in [0.15, 0.2) is 0 Å². The smallest absolute Gasteiger partial charge is 0.0927 e. The summed E-state index contributed by atoms with van der Waals surface area (Å²) in [5, 5.41) is 5.13. The Balaban J connectivity index is 1.20. The van der Waals surface area contributed by atoms with Gasteiger partial charge in [0.1, 0.15) is 0 Å². The van der Waals surface area contributed by atoms with Gasteiger partial charge in [-0.15, -0.1) is 11.3 Å². The van der Waals surface area contributed by atoms with Gasteiger partial charge in [-0.2, -0.15) is 0 Å². The summed E-state index contributed by atoms with van der Waals surface area (Å²) >= 11 is 1.90. The fourth-order valence-electron chi connectivity index (χ4n) is 8.51. The number of aromatic nitrogens is 3. The largest absolute Gasteiger partial charge is 0.308 e. The highest BCUT2D eigenvalue weighted by molar-refractivity contribution is 7.26. The first-order valence-corrected chi connectivity index (χ1v) is 18.2. The van der Waals surface area contributed by atoms with Crippen LogP contribution in [0.5, 0.6) is 0 Å².